The van der Waals surface area contributed by atoms with Gasteiger partial charge in [0.1, 0.15) is 0 Å². The predicted molar refractivity (Wildman–Crippen MR) is 17.3 cm³/mol. The Labute approximate surface area is 35.8 Å². The maximum Gasteiger partial charge on any atom is 0.273 e. The average Bonchev–Trinajstić information content (AvgIpc) is 1.38. The first-order chi connectivity index (χ1) is 2.27. The molecule has 3 nitrogen and oxygen atoms in total. The molecule has 0 aromatic rings. The lowest BCUT2D eigenvalue weighted by Gasteiger charge is -1.61. The van der Waals surface area contributed by atoms with Gasteiger partial charge in [0.25, 0.3) is 11.0 Å². The zero-order chi connectivity index (χ0) is 4.28. The third-order valence-corrected chi connectivity index (χ3v) is 0.507. The van der Waals surface area contributed by atoms with Gasteiger partial charge < -0.3 is 0 Å². The van der Waals surface area contributed by atoms with E-state index in [1.165, 1.54) is 0 Å². The summed E-state index contributed by atoms with van der Waals surface area (Å²) >= 11 is 4.24. The summed E-state index contributed by atoms with van der Waals surface area (Å²) in [5.74, 6) is 0. The van der Waals surface area contributed by atoms with E-state index in [-0.39, 0.29) is 0 Å². The highest BCUT2D eigenvalue weighted by Crippen LogP contribution is 1.72. The Morgan fingerprint density at radius 2 is 1.80 bits per heavy atom. The molecule has 5 heteroatoms. The van der Waals surface area contributed by atoms with E-state index >= 15 is 0 Å². The Bertz CT molecular complexity index is 65.0. The van der Waals surface area contributed by atoms with E-state index in [1.54, 1.807) is 0 Å². The second-order valence-corrected chi connectivity index (χ2v) is 1.29. The van der Waals surface area contributed by atoms with Gasteiger partial charge in [0.2, 0.25) is 0 Å². The number of hydrogen-bond donors (Lipinski definition) is 1. The molecule has 5 heavy (non-hydrogen) atoms. The summed E-state index contributed by atoms with van der Waals surface area (Å²) in [4.78, 5) is 0. The highest BCUT2D eigenvalue weighted by atomic mass is 35.5. The van der Waals surface area contributed by atoms with Gasteiger partial charge in [0.15, 0.2) is 0 Å². The molecule has 0 unspecified atom stereocenters. The zero-order valence-corrected chi connectivity index (χ0v) is 3.70. The maximum absolute atomic E-state index is 9.05. The molecule has 0 bridgehead atoms. The molecule has 0 atom stereocenters. The van der Waals surface area contributed by atoms with Crippen molar-refractivity contribution in [2.45, 2.75) is 0 Å². The van der Waals surface area contributed by atoms with Gasteiger partial charge >= 0.3 is 0 Å². The molecule has 0 fully saturated rings. The van der Waals surface area contributed by atoms with Crippen LogP contribution in [0.5, 0.6) is 0 Å². The van der Waals surface area contributed by atoms with E-state index in [4.69, 9.17) is 8.42 Å². The fraction of sp³-hybridized carbons (Fsp3) is 0. The van der Waals surface area contributed by atoms with Crippen molar-refractivity contribution in [2.24, 2.45) is 0 Å². The standard InChI is InChI=1S/ClHO3S/c1-4-5(2)3/h5H. The molecule has 0 N–H and O–H groups in total. The lowest BCUT2D eigenvalue weighted by atomic mass is 15.8. The molecule has 0 rings (SSSR count). The monoisotopic (exact) mass is 116 g/mol. The van der Waals surface area contributed by atoms with Gasteiger partial charge in [-0.2, -0.15) is 3.74 Å². The molecule has 0 saturated carbocycles. The molecular weight excluding hydrogens is 116 g/mol. The van der Waals surface area contributed by atoms with E-state index in [9.17, 15) is 0 Å². The Kier molecular flexibility index (Phi) is 2.54. The van der Waals surface area contributed by atoms with Gasteiger partial charge in [0.05, 0.1) is 11.9 Å². The summed E-state index contributed by atoms with van der Waals surface area (Å²) in [5, 5.41) is 0. The molecule has 0 aliphatic carbocycles. The third-order valence-electron chi connectivity index (χ3n) is 0.0563. The minimum Gasteiger partial charge on any atom is -0.201 e. The van der Waals surface area contributed by atoms with Crippen LogP contribution in [-0.2, 0) is 14.7 Å². The summed E-state index contributed by atoms with van der Waals surface area (Å²) in [5.41, 5.74) is 0. The summed E-state index contributed by atoms with van der Waals surface area (Å²) in [6.07, 6.45) is 0. The molecule has 0 aromatic carbocycles. The summed E-state index contributed by atoms with van der Waals surface area (Å²) in [6, 6.07) is 0. The predicted octanol–water partition coefficient (Wildman–Crippen LogP) is -0.317. The quantitative estimate of drug-likeness (QED) is 0.478. The molecule has 0 radical (unpaired) electrons. The minimum absolute atomic E-state index is 2.83. The Morgan fingerprint density at radius 1 is 1.60 bits per heavy atom. The van der Waals surface area contributed by atoms with Crippen LogP contribution in [0.2, 0.25) is 0 Å². The van der Waals surface area contributed by atoms with E-state index in [1.807, 2.05) is 0 Å². The van der Waals surface area contributed by atoms with Gasteiger partial charge in [-0.1, -0.05) is 0 Å². The van der Waals surface area contributed by atoms with Gasteiger partial charge in [-0.3, -0.25) is 0 Å². The van der Waals surface area contributed by atoms with Crippen LogP contribution in [0.4, 0.5) is 0 Å². The number of rotatable bonds is 1. The summed E-state index contributed by atoms with van der Waals surface area (Å²) < 4.78 is 21.3. The van der Waals surface area contributed by atoms with Crippen molar-refractivity contribution >= 4 is 22.9 Å². The van der Waals surface area contributed by atoms with Crippen LogP contribution in [0, 0.1) is 0 Å². The third kappa shape index (κ3) is 4.20. The first kappa shape index (κ1) is 5.20. The van der Waals surface area contributed by atoms with Crippen LogP contribution < -0.4 is 0 Å². The molecule has 0 aromatic heterocycles. The van der Waals surface area contributed by atoms with Crippen molar-refractivity contribution in [3.8, 4) is 0 Å². The largest absolute Gasteiger partial charge is 0.273 e. The van der Waals surface area contributed by atoms with Gasteiger partial charge in [-0.25, -0.2) is 8.42 Å². The van der Waals surface area contributed by atoms with E-state index < -0.39 is 11.0 Å². The summed E-state index contributed by atoms with van der Waals surface area (Å²) in [7, 11) is -2.83. The van der Waals surface area contributed by atoms with Crippen molar-refractivity contribution in [1.29, 1.82) is 0 Å². The molecule has 0 aliphatic heterocycles. The Hall–Kier alpha value is 0.200. The van der Waals surface area contributed by atoms with E-state index in [0.717, 1.165) is 0 Å². The first-order valence-electron chi connectivity index (χ1n) is 0.702. The van der Waals surface area contributed by atoms with Gasteiger partial charge in [0, 0.05) is 0 Å². The lowest BCUT2D eigenvalue weighted by Crippen LogP contribution is -1.64. The number of hydrogen-bond acceptors (Lipinski definition) is 3. The van der Waals surface area contributed by atoms with Crippen LogP contribution >= 0.6 is 11.9 Å². The van der Waals surface area contributed by atoms with Crippen LogP contribution in [-0.4, -0.2) is 8.42 Å². The molecule has 0 amide bonds. The van der Waals surface area contributed by atoms with Crippen LogP contribution in [0.15, 0.2) is 0 Å². The van der Waals surface area contributed by atoms with Crippen molar-refractivity contribution in [3.05, 3.63) is 0 Å². The van der Waals surface area contributed by atoms with E-state index in [2.05, 4.69) is 15.6 Å². The maximum atomic E-state index is 9.05. The molecule has 0 saturated heterocycles. The van der Waals surface area contributed by atoms with Crippen molar-refractivity contribution < 1.29 is 12.2 Å². The zero-order valence-electron chi connectivity index (χ0n) is 2.05. The van der Waals surface area contributed by atoms with Gasteiger partial charge in [-0.05, 0) is 0 Å². The highest BCUT2D eigenvalue weighted by molar-refractivity contribution is 7.68. The molecule has 32 valence electrons. The molecule has 0 spiro atoms. The molecule has 0 heterocycles. The van der Waals surface area contributed by atoms with Crippen molar-refractivity contribution in [2.75, 3.05) is 0 Å². The normalized spacial score (nSPS) is 9.20. The fourth-order valence-electron chi connectivity index (χ4n) is 0. The summed E-state index contributed by atoms with van der Waals surface area (Å²) in [6.45, 7) is 0. The average molecular weight is 117 g/mol. The Balaban J connectivity index is 3.23. The number of thiol groups is 1. The van der Waals surface area contributed by atoms with Crippen molar-refractivity contribution in [3.63, 3.8) is 0 Å². The second kappa shape index (κ2) is 2.44. The van der Waals surface area contributed by atoms with Crippen LogP contribution in [0.25, 0.3) is 0 Å². The molecule has 0 aliphatic rings. The number of halogens is 1. The lowest BCUT2D eigenvalue weighted by molar-refractivity contribution is 0.534. The smallest absolute Gasteiger partial charge is 0.201 e. The molecular formula is HClO3S. The second-order valence-electron chi connectivity index (χ2n) is 0.293. The SMILES string of the molecule is O=[SH](=O)OCl. The first-order valence-corrected chi connectivity index (χ1v) is 2.11. The topological polar surface area (TPSA) is 43.4 Å². The fourth-order valence-corrected chi connectivity index (χ4v) is 0. The minimum atomic E-state index is -2.83. The Morgan fingerprint density at radius 3 is 1.80 bits per heavy atom. The van der Waals surface area contributed by atoms with Crippen LogP contribution in [0.1, 0.15) is 0 Å². The van der Waals surface area contributed by atoms with Gasteiger partial charge in [-0.15, -0.1) is 0 Å². The van der Waals surface area contributed by atoms with E-state index in [0.29, 0.717) is 0 Å². The van der Waals surface area contributed by atoms with Crippen molar-refractivity contribution in [1.82, 2.24) is 0 Å². The van der Waals surface area contributed by atoms with Crippen LogP contribution in [0.3, 0.4) is 0 Å². The highest BCUT2D eigenvalue weighted by Gasteiger charge is 1.66.